The van der Waals surface area contributed by atoms with E-state index in [1.165, 1.54) is 45.6 Å². The Morgan fingerprint density at radius 3 is 2.22 bits per heavy atom. The van der Waals surface area contributed by atoms with Crippen LogP contribution in [0.5, 0.6) is 17.2 Å². The summed E-state index contributed by atoms with van der Waals surface area (Å²) in [6.45, 7) is 0. The quantitative estimate of drug-likeness (QED) is 0.555. The number of carbonyl (C=O) groups is 2. The van der Waals surface area contributed by atoms with Gasteiger partial charge in [-0.2, -0.15) is 0 Å². The zero-order valence-electron chi connectivity index (χ0n) is 14.6. The number of hydrogen-bond acceptors (Lipinski definition) is 7. The molecule has 0 aliphatic rings. The third-order valence-electron chi connectivity index (χ3n) is 3.60. The van der Waals surface area contributed by atoms with E-state index in [4.69, 9.17) is 14.2 Å². The van der Waals surface area contributed by atoms with Crippen molar-refractivity contribution in [2.45, 2.75) is 0 Å². The number of amides is 1. The third-order valence-corrected chi connectivity index (χ3v) is 3.60. The molecule has 142 valence electrons. The minimum atomic E-state index is -1.28. The van der Waals surface area contributed by atoms with Gasteiger partial charge in [-0.1, -0.05) is 0 Å². The van der Waals surface area contributed by atoms with Crippen molar-refractivity contribution in [2.75, 3.05) is 26.6 Å². The fourth-order valence-corrected chi connectivity index (χ4v) is 2.37. The number of ether oxygens (including phenoxy) is 3. The van der Waals surface area contributed by atoms with Gasteiger partial charge < -0.3 is 24.6 Å². The molecule has 0 spiro atoms. The van der Waals surface area contributed by atoms with Gasteiger partial charge in [0.05, 0.1) is 26.3 Å². The number of nitro benzene ring substituents is 1. The molecule has 0 aliphatic carbocycles. The van der Waals surface area contributed by atoms with Crippen molar-refractivity contribution in [3.8, 4) is 17.2 Å². The van der Waals surface area contributed by atoms with E-state index in [0.717, 1.165) is 6.07 Å². The fraction of sp³-hybridized carbons (Fsp3) is 0.176. The number of nitrogens with one attached hydrogen (secondary N) is 1. The summed E-state index contributed by atoms with van der Waals surface area (Å²) in [7, 11) is 3.89. The van der Waals surface area contributed by atoms with E-state index in [2.05, 4.69) is 5.32 Å². The number of aromatic carboxylic acids is 1. The van der Waals surface area contributed by atoms with Crippen LogP contribution in [0, 0.1) is 10.1 Å². The molecule has 27 heavy (non-hydrogen) atoms. The number of benzene rings is 2. The number of hydrogen-bond donors (Lipinski definition) is 2. The summed E-state index contributed by atoms with van der Waals surface area (Å²) in [5.74, 6) is -1.84. The lowest BCUT2D eigenvalue weighted by molar-refractivity contribution is -0.385. The molecule has 0 aliphatic heterocycles. The average Bonchev–Trinajstić information content (AvgIpc) is 2.66. The van der Waals surface area contributed by atoms with E-state index >= 15 is 0 Å². The maximum Gasteiger partial charge on any atom is 0.339 e. The van der Waals surface area contributed by atoms with Crippen LogP contribution in [0.2, 0.25) is 0 Å². The van der Waals surface area contributed by atoms with Crippen LogP contribution in [0.3, 0.4) is 0 Å². The van der Waals surface area contributed by atoms with Gasteiger partial charge in [-0.25, -0.2) is 4.79 Å². The molecule has 10 heteroatoms. The molecular formula is C17H16N2O8. The van der Waals surface area contributed by atoms with Crippen molar-refractivity contribution in [1.29, 1.82) is 0 Å². The lowest BCUT2D eigenvalue weighted by Crippen LogP contribution is -2.13. The second-order valence-electron chi connectivity index (χ2n) is 5.16. The predicted octanol–water partition coefficient (Wildman–Crippen LogP) is 2.57. The maximum atomic E-state index is 12.4. The minimum Gasteiger partial charge on any atom is -0.493 e. The highest BCUT2D eigenvalue weighted by Gasteiger charge is 2.21. The van der Waals surface area contributed by atoms with Crippen LogP contribution in [0.25, 0.3) is 0 Å². The van der Waals surface area contributed by atoms with Crippen molar-refractivity contribution >= 4 is 23.3 Å². The number of methoxy groups -OCH3 is 3. The summed E-state index contributed by atoms with van der Waals surface area (Å²) >= 11 is 0. The number of carboxylic acids is 1. The number of anilines is 1. The number of nitrogens with zero attached hydrogens (tertiary/aromatic N) is 1. The van der Waals surface area contributed by atoms with Crippen molar-refractivity contribution in [2.24, 2.45) is 0 Å². The molecule has 2 aromatic carbocycles. The van der Waals surface area contributed by atoms with Crippen LogP contribution in [0.4, 0.5) is 11.4 Å². The first kappa shape index (κ1) is 19.5. The van der Waals surface area contributed by atoms with Gasteiger partial charge in [-0.3, -0.25) is 14.9 Å². The summed E-state index contributed by atoms with van der Waals surface area (Å²) in [5, 5.41) is 22.9. The van der Waals surface area contributed by atoms with Crippen molar-refractivity contribution < 1.29 is 33.8 Å². The highest BCUT2D eigenvalue weighted by Crippen LogP contribution is 2.35. The molecule has 2 rings (SSSR count). The molecule has 0 unspecified atom stereocenters. The molecule has 0 fully saturated rings. The molecule has 0 atom stereocenters. The molecule has 0 bridgehead atoms. The molecule has 1 amide bonds. The molecule has 0 radical (unpaired) electrons. The molecule has 2 N–H and O–H groups in total. The van der Waals surface area contributed by atoms with Gasteiger partial charge in [0, 0.05) is 23.4 Å². The van der Waals surface area contributed by atoms with Crippen LogP contribution in [-0.2, 0) is 0 Å². The van der Waals surface area contributed by atoms with Crippen molar-refractivity contribution in [3.05, 3.63) is 51.6 Å². The van der Waals surface area contributed by atoms with Crippen molar-refractivity contribution in [1.82, 2.24) is 0 Å². The summed E-state index contributed by atoms with van der Waals surface area (Å²) in [6, 6.07) is 6.28. The largest absolute Gasteiger partial charge is 0.493 e. The Kier molecular flexibility index (Phi) is 5.81. The molecule has 0 heterocycles. The smallest absolute Gasteiger partial charge is 0.339 e. The van der Waals surface area contributed by atoms with Crippen LogP contribution in [0.1, 0.15) is 20.7 Å². The van der Waals surface area contributed by atoms with Gasteiger partial charge in [0.15, 0.2) is 17.2 Å². The molecule has 0 saturated heterocycles. The first-order valence-corrected chi connectivity index (χ1v) is 7.45. The van der Waals surface area contributed by atoms with Crippen molar-refractivity contribution in [3.63, 3.8) is 0 Å². The molecule has 0 aromatic heterocycles. The lowest BCUT2D eigenvalue weighted by Gasteiger charge is -2.13. The summed E-state index contributed by atoms with van der Waals surface area (Å²) in [6.07, 6.45) is 0. The molecule has 10 nitrogen and oxygen atoms in total. The number of nitro groups is 1. The van der Waals surface area contributed by atoms with Crippen LogP contribution in [-0.4, -0.2) is 43.2 Å². The second kappa shape index (κ2) is 8.04. The fourth-order valence-electron chi connectivity index (χ4n) is 2.37. The minimum absolute atomic E-state index is 0.00286. The zero-order valence-corrected chi connectivity index (χ0v) is 14.6. The van der Waals surface area contributed by atoms with Gasteiger partial charge in [0.1, 0.15) is 5.56 Å². The third kappa shape index (κ3) is 4.06. The van der Waals surface area contributed by atoms with E-state index < -0.39 is 16.8 Å². The second-order valence-corrected chi connectivity index (χ2v) is 5.16. The maximum absolute atomic E-state index is 12.4. The first-order chi connectivity index (χ1) is 12.8. The van der Waals surface area contributed by atoms with Crippen LogP contribution in [0.15, 0.2) is 30.3 Å². The van der Waals surface area contributed by atoms with E-state index in [1.54, 1.807) is 0 Å². The van der Waals surface area contributed by atoms with E-state index in [0.29, 0.717) is 0 Å². The lowest BCUT2D eigenvalue weighted by atomic mass is 10.1. The molecular weight excluding hydrogens is 360 g/mol. The Morgan fingerprint density at radius 1 is 1.04 bits per heavy atom. The van der Waals surface area contributed by atoms with E-state index in [9.17, 15) is 24.8 Å². The monoisotopic (exact) mass is 376 g/mol. The number of rotatable bonds is 7. The summed E-state index contributed by atoms with van der Waals surface area (Å²) < 4.78 is 15.0. The zero-order chi connectivity index (χ0) is 20.1. The average molecular weight is 376 g/mol. The van der Waals surface area contributed by atoms with Gasteiger partial charge in [0.25, 0.3) is 5.91 Å². The summed E-state index contributed by atoms with van der Waals surface area (Å²) in [5.41, 5.74) is -0.473. The van der Waals surface area contributed by atoms with Gasteiger partial charge >= 0.3 is 11.7 Å². The van der Waals surface area contributed by atoms with Crippen LogP contribution >= 0.6 is 0 Å². The highest BCUT2D eigenvalue weighted by molar-refractivity contribution is 6.06. The van der Waals surface area contributed by atoms with Gasteiger partial charge in [-0.15, -0.1) is 0 Å². The number of carbonyl (C=O) groups excluding carboxylic acids is 1. The Labute approximate surface area is 153 Å². The van der Waals surface area contributed by atoms with Gasteiger partial charge in [0.2, 0.25) is 0 Å². The Bertz CT molecular complexity index is 910. The Balaban J connectivity index is 2.41. The first-order valence-electron chi connectivity index (χ1n) is 7.45. The number of carboxylic acid groups (broad SMARTS) is 1. The molecule has 2 aromatic rings. The topological polar surface area (TPSA) is 137 Å². The predicted molar refractivity (Wildman–Crippen MR) is 94.1 cm³/mol. The normalized spacial score (nSPS) is 10.0. The Morgan fingerprint density at radius 2 is 1.70 bits per heavy atom. The highest BCUT2D eigenvalue weighted by atomic mass is 16.6. The van der Waals surface area contributed by atoms with E-state index in [1.807, 2.05) is 0 Å². The van der Waals surface area contributed by atoms with Gasteiger partial charge in [-0.05, 0) is 18.2 Å². The van der Waals surface area contributed by atoms with E-state index in [-0.39, 0.29) is 39.8 Å². The SMILES string of the molecule is COc1ccc(C(=O)Nc2cc(OC)c(OC)c(C(=O)O)c2)cc1[N+](=O)[O-]. The van der Waals surface area contributed by atoms with Crippen LogP contribution < -0.4 is 19.5 Å². The molecule has 0 saturated carbocycles. The Hall–Kier alpha value is -3.82. The summed E-state index contributed by atoms with van der Waals surface area (Å²) in [4.78, 5) is 34.3. The standard InChI is InChI=1S/C17H16N2O8/c1-25-13-5-4-9(6-12(13)19(23)24)16(20)18-10-7-11(17(21)22)15(27-3)14(8-10)26-2/h4-8H,1-3H3,(H,18,20)(H,21,22).